The molecule has 0 unspecified atom stereocenters. The number of aryl methyl sites for hydroxylation is 2. The fraction of sp³-hybridized carbons (Fsp3) is 0.385. The smallest absolute Gasteiger partial charge is 0.261 e. The summed E-state index contributed by atoms with van der Waals surface area (Å²) in [6.45, 7) is 5.04. The third-order valence-electron chi connectivity index (χ3n) is 2.93. The number of H-pyrrole nitrogens is 1. The van der Waals surface area contributed by atoms with Gasteiger partial charge < -0.3 is 11.1 Å². The van der Waals surface area contributed by atoms with Gasteiger partial charge in [-0.15, -0.1) is 11.3 Å². The van der Waals surface area contributed by atoms with Crippen LogP contribution in [0.25, 0.3) is 11.1 Å². The quantitative estimate of drug-likeness (QED) is 0.778. The lowest BCUT2D eigenvalue weighted by Crippen LogP contribution is -2.28. The molecule has 2 heterocycles. The average molecular weight is 278 g/mol. The molecule has 0 aliphatic carbocycles. The van der Waals surface area contributed by atoms with Crippen molar-refractivity contribution in [3.05, 3.63) is 27.7 Å². The van der Waals surface area contributed by atoms with Gasteiger partial charge in [-0.2, -0.15) is 5.10 Å². The number of hydrogen-bond donors (Lipinski definition) is 3. The summed E-state index contributed by atoms with van der Waals surface area (Å²) in [7, 11) is 0. The summed E-state index contributed by atoms with van der Waals surface area (Å²) < 4.78 is 0. The first-order chi connectivity index (χ1) is 9.17. The molecule has 0 aliphatic rings. The van der Waals surface area contributed by atoms with E-state index in [2.05, 4.69) is 22.4 Å². The first-order valence-electron chi connectivity index (χ1n) is 6.28. The van der Waals surface area contributed by atoms with E-state index in [9.17, 15) is 4.79 Å². The summed E-state index contributed by atoms with van der Waals surface area (Å²) in [6, 6.07) is 1.93. The van der Waals surface area contributed by atoms with Crippen LogP contribution in [-0.4, -0.2) is 29.2 Å². The van der Waals surface area contributed by atoms with Crippen LogP contribution in [-0.2, 0) is 6.42 Å². The molecular weight excluding hydrogens is 260 g/mol. The van der Waals surface area contributed by atoms with Gasteiger partial charge in [0.1, 0.15) is 0 Å². The van der Waals surface area contributed by atoms with Crippen molar-refractivity contribution in [2.75, 3.05) is 13.1 Å². The molecule has 6 heteroatoms. The lowest BCUT2D eigenvalue weighted by molar-refractivity contribution is 0.0959. The molecule has 0 radical (unpaired) electrons. The Morgan fingerprint density at radius 3 is 3.00 bits per heavy atom. The third-order valence-corrected chi connectivity index (χ3v) is 3.98. The van der Waals surface area contributed by atoms with Crippen molar-refractivity contribution >= 4 is 17.2 Å². The summed E-state index contributed by atoms with van der Waals surface area (Å²) in [5.74, 6) is -0.0636. The molecule has 5 nitrogen and oxygen atoms in total. The number of carbonyl (C=O) groups excluding carboxylic acids is 1. The molecule has 4 N–H and O–H groups in total. The predicted molar refractivity (Wildman–Crippen MR) is 77.4 cm³/mol. The fourth-order valence-corrected chi connectivity index (χ4v) is 2.90. The molecule has 2 aromatic rings. The van der Waals surface area contributed by atoms with Gasteiger partial charge in [-0.05, 0) is 25.0 Å². The normalized spacial score (nSPS) is 10.7. The number of aromatic amines is 1. The molecule has 0 aromatic carbocycles. The highest BCUT2D eigenvalue weighted by atomic mass is 32.1. The van der Waals surface area contributed by atoms with E-state index in [0.29, 0.717) is 18.0 Å². The third kappa shape index (κ3) is 2.85. The van der Waals surface area contributed by atoms with Gasteiger partial charge in [-0.3, -0.25) is 9.89 Å². The molecule has 102 valence electrons. The van der Waals surface area contributed by atoms with E-state index in [0.717, 1.165) is 28.1 Å². The van der Waals surface area contributed by atoms with E-state index in [1.807, 2.05) is 19.2 Å². The lowest BCUT2D eigenvalue weighted by atomic mass is 10.1. The summed E-state index contributed by atoms with van der Waals surface area (Å²) in [4.78, 5) is 13.7. The largest absolute Gasteiger partial charge is 0.350 e. The van der Waals surface area contributed by atoms with E-state index in [-0.39, 0.29) is 5.91 Å². The van der Waals surface area contributed by atoms with E-state index >= 15 is 0 Å². The van der Waals surface area contributed by atoms with Gasteiger partial charge in [0.25, 0.3) is 5.91 Å². The molecule has 0 aliphatic heterocycles. The van der Waals surface area contributed by atoms with E-state index in [4.69, 9.17) is 5.73 Å². The summed E-state index contributed by atoms with van der Waals surface area (Å²) in [5.41, 5.74) is 8.63. The standard InChI is InChI=1S/C13H18N4OS/c1-3-11-10(7-16-17-11)9-6-12(19-8(9)2)13(18)15-5-4-14/h6-7H,3-5,14H2,1-2H3,(H,15,18)(H,16,17). The van der Waals surface area contributed by atoms with Crippen molar-refractivity contribution in [3.63, 3.8) is 0 Å². The lowest BCUT2D eigenvalue weighted by Gasteiger charge is -2.00. The number of amides is 1. The zero-order chi connectivity index (χ0) is 13.8. The van der Waals surface area contributed by atoms with Crippen molar-refractivity contribution in [2.45, 2.75) is 20.3 Å². The van der Waals surface area contributed by atoms with Crippen LogP contribution in [0.5, 0.6) is 0 Å². The van der Waals surface area contributed by atoms with Crippen molar-refractivity contribution in [2.24, 2.45) is 5.73 Å². The molecule has 0 saturated heterocycles. The number of nitrogens with two attached hydrogens (primary N) is 1. The SMILES string of the molecule is CCc1[nH]ncc1-c1cc(C(=O)NCCN)sc1C. The molecule has 0 fully saturated rings. The Kier molecular flexibility index (Phi) is 4.34. The molecule has 2 aromatic heterocycles. The predicted octanol–water partition coefficient (Wildman–Crippen LogP) is 1.70. The second kappa shape index (κ2) is 5.99. The summed E-state index contributed by atoms with van der Waals surface area (Å²) in [6.07, 6.45) is 2.70. The van der Waals surface area contributed by atoms with Gasteiger partial charge in [-0.1, -0.05) is 6.92 Å². The second-order valence-electron chi connectivity index (χ2n) is 4.24. The summed E-state index contributed by atoms with van der Waals surface area (Å²) >= 11 is 1.50. The molecule has 0 atom stereocenters. The van der Waals surface area contributed by atoms with Crippen LogP contribution in [0.3, 0.4) is 0 Å². The van der Waals surface area contributed by atoms with Crippen LogP contribution >= 0.6 is 11.3 Å². The number of carbonyl (C=O) groups is 1. The molecule has 19 heavy (non-hydrogen) atoms. The number of rotatable bonds is 5. The monoisotopic (exact) mass is 278 g/mol. The van der Waals surface area contributed by atoms with Crippen LogP contribution in [0.1, 0.15) is 27.2 Å². The molecule has 0 bridgehead atoms. The Balaban J connectivity index is 2.29. The number of nitrogens with one attached hydrogen (secondary N) is 2. The average Bonchev–Trinajstić information content (AvgIpc) is 3.01. The Morgan fingerprint density at radius 2 is 2.32 bits per heavy atom. The highest BCUT2D eigenvalue weighted by Gasteiger charge is 2.15. The van der Waals surface area contributed by atoms with Crippen LogP contribution in [0.4, 0.5) is 0 Å². The molecule has 0 saturated carbocycles. The number of nitrogens with zero attached hydrogens (tertiary/aromatic N) is 1. The minimum atomic E-state index is -0.0636. The van der Waals surface area contributed by atoms with Crippen LogP contribution in [0.2, 0.25) is 0 Å². The molecule has 0 spiro atoms. The number of aromatic nitrogens is 2. The zero-order valence-corrected chi connectivity index (χ0v) is 11.9. The van der Waals surface area contributed by atoms with E-state index in [1.54, 1.807) is 0 Å². The topological polar surface area (TPSA) is 83.8 Å². The second-order valence-corrected chi connectivity index (χ2v) is 5.50. The maximum absolute atomic E-state index is 11.9. The fourth-order valence-electron chi connectivity index (χ4n) is 1.95. The van der Waals surface area contributed by atoms with Crippen molar-refractivity contribution < 1.29 is 4.79 Å². The maximum atomic E-state index is 11.9. The van der Waals surface area contributed by atoms with Gasteiger partial charge in [-0.25, -0.2) is 0 Å². The molecule has 1 amide bonds. The van der Waals surface area contributed by atoms with Gasteiger partial charge in [0, 0.05) is 29.2 Å². The Bertz CT molecular complexity index is 573. The maximum Gasteiger partial charge on any atom is 0.261 e. The summed E-state index contributed by atoms with van der Waals surface area (Å²) in [5, 5.41) is 9.85. The van der Waals surface area contributed by atoms with E-state index in [1.165, 1.54) is 11.3 Å². The number of hydrogen-bond acceptors (Lipinski definition) is 4. The van der Waals surface area contributed by atoms with Gasteiger partial charge in [0.05, 0.1) is 11.1 Å². The highest BCUT2D eigenvalue weighted by Crippen LogP contribution is 2.32. The number of thiophene rings is 1. The van der Waals surface area contributed by atoms with Crippen molar-refractivity contribution in [3.8, 4) is 11.1 Å². The Labute approximate surface area is 116 Å². The van der Waals surface area contributed by atoms with Crippen molar-refractivity contribution in [1.29, 1.82) is 0 Å². The zero-order valence-electron chi connectivity index (χ0n) is 11.1. The first kappa shape index (κ1) is 13.8. The van der Waals surface area contributed by atoms with Crippen LogP contribution in [0, 0.1) is 6.92 Å². The van der Waals surface area contributed by atoms with Gasteiger partial charge in [0.15, 0.2) is 0 Å². The minimum Gasteiger partial charge on any atom is -0.350 e. The minimum absolute atomic E-state index is 0.0636. The van der Waals surface area contributed by atoms with Crippen molar-refractivity contribution in [1.82, 2.24) is 15.5 Å². The molecule has 2 rings (SSSR count). The van der Waals surface area contributed by atoms with Gasteiger partial charge >= 0.3 is 0 Å². The van der Waals surface area contributed by atoms with Gasteiger partial charge in [0.2, 0.25) is 0 Å². The van der Waals surface area contributed by atoms with Crippen LogP contribution < -0.4 is 11.1 Å². The highest BCUT2D eigenvalue weighted by molar-refractivity contribution is 7.14. The Hall–Kier alpha value is -1.66. The first-order valence-corrected chi connectivity index (χ1v) is 7.10. The van der Waals surface area contributed by atoms with E-state index < -0.39 is 0 Å². The Morgan fingerprint density at radius 1 is 1.53 bits per heavy atom. The van der Waals surface area contributed by atoms with Crippen LogP contribution in [0.15, 0.2) is 12.3 Å². The molecular formula is C13H18N4OS.